The van der Waals surface area contributed by atoms with Gasteiger partial charge in [-0.25, -0.2) is 4.79 Å². The van der Waals surface area contributed by atoms with Crippen LogP contribution in [-0.2, 0) is 4.79 Å². The van der Waals surface area contributed by atoms with Crippen molar-refractivity contribution in [2.24, 2.45) is 0 Å². The van der Waals surface area contributed by atoms with Gasteiger partial charge < -0.3 is 15.1 Å². The number of halogens is 1. The number of aliphatic hydroxyl groups is 1. The first-order valence-corrected chi connectivity index (χ1v) is 5.70. The molecule has 18 heavy (non-hydrogen) atoms. The van der Waals surface area contributed by atoms with Gasteiger partial charge in [-0.05, 0) is 6.07 Å². The molecule has 1 aliphatic rings. The summed E-state index contributed by atoms with van der Waals surface area (Å²) in [6.45, 7) is -0.00550. The van der Waals surface area contributed by atoms with Crippen molar-refractivity contribution < 1.29 is 19.8 Å². The zero-order valence-corrected chi connectivity index (χ0v) is 10.0. The number of hydrogen-bond donors (Lipinski definition) is 2. The summed E-state index contributed by atoms with van der Waals surface area (Å²) < 4.78 is 0. The summed E-state index contributed by atoms with van der Waals surface area (Å²) in [5.41, 5.74) is 0.187. The predicted octanol–water partition coefficient (Wildman–Crippen LogP) is 0.395. The van der Waals surface area contributed by atoms with Crippen molar-refractivity contribution in [3.05, 3.63) is 29.0 Å². The predicted molar refractivity (Wildman–Crippen MR) is 62.3 cm³/mol. The second kappa shape index (κ2) is 4.91. The van der Waals surface area contributed by atoms with E-state index in [1.807, 2.05) is 0 Å². The lowest BCUT2D eigenvalue weighted by molar-refractivity contribution is -0.141. The molecule has 2 N–H and O–H groups in total. The van der Waals surface area contributed by atoms with Crippen LogP contribution in [0.2, 0.25) is 5.02 Å². The maximum atomic E-state index is 12.2. The average molecular weight is 271 g/mol. The van der Waals surface area contributed by atoms with Gasteiger partial charge in [0, 0.05) is 25.4 Å². The molecule has 1 amide bonds. The van der Waals surface area contributed by atoms with Crippen LogP contribution in [-0.4, -0.2) is 50.7 Å². The lowest BCUT2D eigenvalue weighted by Crippen LogP contribution is -2.40. The molecule has 0 saturated carbocycles. The van der Waals surface area contributed by atoms with Crippen molar-refractivity contribution in [1.29, 1.82) is 0 Å². The van der Waals surface area contributed by atoms with E-state index in [-0.39, 0.29) is 23.6 Å². The highest BCUT2D eigenvalue weighted by Gasteiger charge is 2.39. The molecule has 2 unspecified atom stereocenters. The fraction of sp³-hybridized carbons (Fsp3) is 0.364. The Bertz CT molecular complexity index is 494. The second-order valence-electron chi connectivity index (χ2n) is 4.06. The minimum Gasteiger partial charge on any atom is -0.480 e. The lowest BCUT2D eigenvalue weighted by Gasteiger charge is -2.21. The van der Waals surface area contributed by atoms with Crippen LogP contribution in [0.15, 0.2) is 18.5 Å². The maximum absolute atomic E-state index is 12.2. The number of aliphatic carboxylic acids is 1. The van der Waals surface area contributed by atoms with Gasteiger partial charge in [-0.2, -0.15) is 0 Å². The number of β-amino-alcohol motifs (C(OH)–C–C–N with tert-alkyl or cyclic N) is 1. The first kappa shape index (κ1) is 12.8. The zero-order chi connectivity index (χ0) is 13.3. The van der Waals surface area contributed by atoms with E-state index in [4.69, 9.17) is 16.7 Å². The number of carboxylic acids is 1. The topological polar surface area (TPSA) is 90.7 Å². The molecule has 2 atom stereocenters. The summed E-state index contributed by atoms with van der Waals surface area (Å²) in [7, 11) is 0. The number of carbonyl (C=O) groups is 2. The van der Waals surface area contributed by atoms with Gasteiger partial charge in [0.2, 0.25) is 0 Å². The summed E-state index contributed by atoms with van der Waals surface area (Å²) in [4.78, 5) is 28.1. The third kappa shape index (κ3) is 2.30. The molecule has 1 fully saturated rings. The van der Waals surface area contributed by atoms with Crippen molar-refractivity contribution >= 4 is 23.5 Å². The molecule has 0 aromatic carbocycles. The van der Waals surface area contributed by atoms with E-state index in [0.717, 1.165) is 4.90 Å². The number of carbonyl (C=O) groups excluding carboxylic acids is 1. The number of aromatic nitrogens is 1. The van der Waals surface area contributed by atoms with E-state index in [1.54, 1.807) is 0 Å². The monoisotopic (exact) mass is 270 g/mol. The molecule has 0 aliphatic carbocycles. The number of amides is 1. The second-order valence-corrected chi connectivity index (χ2v) is 4.46. The number of likely N-dealkylation sites (tertiary alicyclic amines) is 1. The summed E-state index contributed by atoms with van der Waals surface area (Å²) in [6, 6.07) is 0.408. The number of aliphatic hydroxyl groups excluding tert-OH is 1. The van der Waals surface area contributed by atoms with Crippen molar-refractivity contribution in [3.63, 3.8) is 0 Å². The van der Waals surface area contributed by atoms with E-state index in [0.29, 0.717) is 0 Å². The zero-order valence-electron chi connectivity index (χ0n) is 9.28. The van der Waals surface area contributed by atoms with Gasteiger partial charge in [-0.3, -0.25) is 9.78 Å². The van der Waals surface area contributed by atoms with Crippen LogP contribution in [0.25, 0.3) is 0 Å². The first-order valence-electron chi connectivity index (χ1n) is 5.32. The summed E-state index contributed by atoms with van der Waals surface area (Å²) in [5.74, 6) is -1.64. The van der Waals surface area contributed by atoms with Gasteiger partial charge in [-0.15, -0.1) is 0 Å². The number of rotatable bonds is 2. The number of carboxylic acid groups (broad SMARTS) is 1. The van der Waals surface area contributed by atoms with Crippen LogP contribution >= 0.6 is 11.6 Å². The Morgan fingerprint density at radius 3 is 2.83 bits per heavy atom. The minimum atomic E-state index is -1.13. The van der Waals surface area contributed by atoms with Crippen molar-refractivity contribution in [1.82, 2.24) is 9.88 Å². The lowest BCUT2D eigenvalue weighted by atomic mass is 10.2. The molecule has 1 aromatic rings. The fourth-order valence-corrected chi connectivity index (χ4v) is 2.18. The fourth-order valence-electron chi connectivity index (χ4n) is 1.98. The molecule has 1 aliphatic heterocycles. The van der Waals surface area contributed by atoms with Crippen LogP contribution in [0.5, 0.6) is 0 Å². The Kier molecular flexibility index (Phi) is 3.49. The smallest absolute Gasteiger partial charge is 0.326 e. The van der Waals surface area contributed by atoms with E-state index in [1.165, 1.54) is 18.5 Å². The third-order valence-electron chi connectivity index (χ3n) is 2.83. The summed E-state index contributed by atoms with van der Waals surface area (Å²) >= 11 is 5.84. The first-order chi connectivity index (χ1) is 8.50. The highest BCUT2D eigenvalue weighted by atomic mass is 35.5. The molecular weight excluding hydrogens is 260 g/mol. The van der Waals surface area contributed by atoms with Crippen LogP contribution in [0, 0.1) is 0 Å². The normalized spacial score (nSPS) is 23.1. The number of pyridine rings is 1. The molecule has 0 radical (unpaired) electrons. The Morgan fingerprint density at radius 1 is 1.50 bits per heavy atom. The molecule has 1 saturated heterocycles. The largest absolute Gasteiger partial charge is 0.480 e. The molecule has 1 aromatic heterocycles. The molecule has 0 spiro atoms. The molecule has 7 heteroatoms. The molecule has 2 rings (SSSR count). The average Bonchev–Trinajstić information content (AvgIpc) is 2.71. The van der Waals surface area contributed by atoms with Gasteiger partial charge in [0.05, 0.1) is 16.7 Å². The standard InChI is InChI=1S/C11H11ClN2O4/c12-8-4-13-2-1-7(8)10(16)14-5-6(15)3-9(14)11(17)18/h1-2,4,6,9,15H,3,5H2,(H,17,18). The molecule has 6 nitrogen and oxygen atoms in total. The molecule has 0 bridgehead atoms. The highest BCUT2D eigenvalue weighted by molar-refractivity contribution is 6.33. The van der Waals surface area contributed by atoms with Gasteiger partial charge >= 0.3 is 5.97 Å². The van der Waals surface area contributed by atoms with Gasteiger partial charge in [0.15, 0.2) is 0 Å². The number of nitrogens with zero attached hydrogens (tertiary/aromatic N) is 2. The third-order valence-corrected chi connectivity index (χ3v) is 3.13. The van der Waals surface area contributed by atoms with Crippen LogP contribution in [0.3, 0.4) is 0 Å². The van der Waals surface area contributed by atoms with Crippen LogP contribution in [0.4, 0.5) is 0 Å². The minimum absolute atomic E-state index is 0.00550. The Labute approximate surface area is 108 Å². The Morgan fingerprint density at radius 2 is 2.22 bits per heavy atom. The van der Waals surface area contributed by atoms with Crippen molar-refractivity contribution in [2.75, 3.05) is 6.54 Å². The van der Waals surface area contributed by atoms with Crippen molar-refractivity contribution in [3.8, 4) is 0 Å². The quantitative estimate of drug-likeness (QED) is 0.811. The van der Waals surface area contributed by atoms with Gasteiger partial charge in [-0.1, -0.05) is 11.6 Å². The van der Waals surface area contributed by atoms with E-state index >= 15 is 0 Å². The van der Waals surface area contributed by atoms with Crippen LogP contribution in [0.1, 0.15) is 16.8 Å². The maximum Gasteiger partial charge on any atom is 0.326 e. The van der Waals surface area contributed by atoms with Gasteiger partial charge in [0.1, 0.15) is 6.04 Å². The SMILES string of the molecule is O=C(O)C1CC(O)CN1C(=O)c1ccncc1Cl. The van der Waals surface area contributed by atoms with E-state index in [9.17, 15) is 14.7 Å². The highest BCUT2D eigenvalue weighted by Crippen LogP contribution is 2.23. The van der Waals surface area contributed by atoms with Crippen molar-refractivity contribution in [2.45, 2.75) is 18.6 Å². The van der Waals surface area contributed by atoms with Gasteiger partial charge in [0.25, 0.3) is 5.91 Å². The van der Waals surface area contributed by atoms with E-state index in [2.05, 4.69) is 4.98 Å². The van der Waals surface area contributed by atoms with Crippen LogP contribution < -0.4 is 0 Å². The Balaban J connectivity index is 2.28. The summed E-state index contributed by atoms with van der Waals surface area (Å²) in [6.07, 6.45) is 1.93. The molecule has 2 heterocycles. The molecular formula is C11H11ClN2O4. The number of hydrogen-bond acceptors (Lipinski definition) is 4. The summed E-state index contributed by atoms with van der Waals surface area (Å²) in [5, 5.41) is 18.7. The van der Waals surface area contributed by atoms with E-state index < -0.39 is 24.0 Å². The molecule has 96 valence electrons. The Hall–Kier alpha value is -1.66.